The third-order valence-corrected chi connectivity index (χ3v) is 2.89. The van der Waals surface area contributed by atoms with Crippen molar-refractivity contribution in [3.63, 3.8) is 0 Å². The average Bonchev–Trinajstić information content (AvgIpc) is 2.37. The molecule has 0 atom stereocenters. The highest BCUT2D eigenvalue weighted by Crippen LogP contribution is 2.15. The summed E-state index contributed by atoms with van der Waals surface area (Å²) in [5.74, 6) is -1.99. The Morgan fingerprint density at radius 3 is 2.57 bits per heavy atom. The molecule has 1 aromatic carbocycles. The molecule has 0 aliphatic heterocycles. The fourth-order valence-electron chi connectivity index (χ4n) is 1.20. The first-order valence-electron chi connectivity index (χ1n) is 5.79. The van der Waals surface area contributed by atoms with E-state index in [2.05, 4.69) is 11.3 Å². The van der Waals surface area contributed by atoms with Crippen molar-refractivity contribution in [3.05, 3.63) is 42.0 Å². The third kappa shape index (κ3) is 6.19. The molecule has 0 aliphatic rings. The fourth-order valence-corrected chi connectivity index (χ4v) is 1.50. The van der Waals surface area contributed by atoms with Crippen LogP contribution in [0.1, 0.15) is 17.3 Å². The van der Waals surface area contributed by atoms with Crippen LogP contribution in [0.4, 0.5) is 0 Å². The van der Waals surface area contributed by atoms with Gasteiger partial charge in [0.25, 0.3) is 10.1 Å². The summed E-state index contributed by atoms with van der Waals surface area (Å²) in [7, 11) is -4.19. The van der Waals surface area contributed by atoms with Gasteiger partial charge in [0.2, 0.25) is 0 Å². The summed E-state index contributed by atoms with van der Waals surface area (Å²) in [5, 5.41) is 0. The molecule has 0 heterocycles. The minimum Gasteiger partial charge on any atom is -0.461 e. The SMILES string of the molecule is C=C(C)C(=O)Oc1cccc(C(=O)OCCS(=O)(=O)O)c1. The summed E-state index contributed by atoms with van der Waals surface area (Å²) in [6.45, 7) is 4.43. The van der Waals surface area contributed by atoms with E-state index in [4.69, 9.17) is 9.29 Å². The van der Waals surface area contributed by atoms with Crippen LogP contribution in [0.3, 0.4) is 0 Å². The van der Waals surface area contributed by atoms with Crippen molar-refractivity contribution < 1.29 is 32.0 Å². The Morgan fingerprint density at radius 1 is 1.33 bits per heavy atom. The maximum atomic E-state index is 11.6. The van der Waals surface area contributed by atoms with Crippen LogP contribution in [0, 0.1) is 0 Å². The first-order valence-corrected chi connectivity index (χ1v) is 7.40. The Hall–Kier alpha value is -2.19. The normalized spacial score (nSPS) is 10.8. The third-order valence-electron chi connectivity index (χ3n) is 2.20. The maximum absolute atomic E-state index is 11.6. The molecule has 0 saturated heterocycles. The average molecular weight is 314 g/mol. The van der Waals surface area contributed by atoms with Gasteiger partial charge in [0, 0.05) is 5.57 Å². The van der Waals surface area contributed by atoms with Crippen molar-refractivity contribution in [1.29, 1.82) is 0 Å². The molecule has 0 spiro atoms. The lowest BCUT2D eigenvalue weighted by molar-refractivity contribution is -0.130. The smallest absolute Gasteiger partial charge is 0.338 e. The molecule has 1 rings (SSSR count). The Morgan fingerprint density at radius 2 is 2.00 bits per heavy atom. The highest BCUT2D eigenvalue weighted by Gasteiger charge is 2.12. The molecule has 114 valence electrons. The molecular formula is C13H14O7S. The molecular weight excluding hydrogens is 300 g/mol. The maximum Gasteiger partial charge on any atom is 0.338 e. The van der Waals surface area contributed by atoms with Crippen LogP contribution in [0.25, 0.3) is 0 Å². The Labute approximate surface area is 121 Å². The summed E-state index contributed by atoms with van der Waals surface area (Å²) in [6, 6.07) is 5.63. The van der Waals surface area contributed by atoms with Crippen LogP contribution < -0.4 is 4.74 Å². The van der Waals surface area contributed by atoms with Gasteiger partial charge >= 0.3 is 11.9 Å². The topological polar surface area (TPSA) is 107 Å². The molecule has 0 aromatic heterocycles. The van der Waals surface area contributed by atoms with Crippen molar-refractivity contribution in [2.75, 3.05) is 12.4 Å². The fraction of sp³-hybridized carbons (Fsp3) is 0.231. The van der Waals surface area contributed by atoms with E-state index >= 15 is 0 Å². The molecule has 0 fully saturated rings. The predicted octanol–water partition coefficient (Wildman–Crippen LogP) is 1.21. The molecule has 0 radical (unpaired) electrons. The Bertz CT molecular complexity index is 661. The first-order chi connectivity index (χ1) is 9.69. The van der Waals surface area contributed by atoms with Gasteiger partial charge in [-0.25, -0.2) is 9.59 Å². The van der Waals surface area contributed by atoms with E-state index in [-0.39, 0.29) is 16.9 Å². The van der Waals surface area contributed by atoms with Crippen LogP contribution in [-0.4, -0.2) is 37.3 Å². The summed E-state index contributed by atoms with van der Waals surface area (Å²) in [4.78, 5) is 23.0. The van der Waals surface area contributed by atoms with E-state index in [0.29, 0.717) is 0 Å². The van der Waals surface area contributed by atoms with Crippen LogP contribution >= 0.6 is 0 Å². The second-order valence-corrected chi connectivity index (χ2v) is 5.69. The Kier molecular flexibility index (Phi) is 5.62. The standard InChI is InChI=1S/C13H14O7S/c1-9(2)12(14)20-11-5-3-4-10(8-11)13(15)19-6-7-21(16,17)18/h3-5,8H,1,6-7H2,2H3,(H,16,17,18). The van der Waals surface area contributed by atoms with Crippen molar-refractivity contribution in [2.45, 2.75) is 6.92 Å². The van der Waals surface area contributed by atoms with Crippen molar-refractivity contribution in [1.82, 2.24) is 0 Å². The minimum atomic E-state index is -4.19. The van der Waals surface area contributed by atoms with Gasteiger partial charge < -0.3 is 9.47 Å². The van der Waals surface area contributed by atoms with E-state index in [1.165, 1.54) is 31.2 Å². The first kappa shape index (κ1) is 16.9. The van der Waals surface area contributed by atoms with Gasteiger partial charge in [-0.2, -0.15) is 8.42 Å². The lowest BCUT2D eigenvalue weighted by atomic mass is 10.2. The van der Waals surface area contributed by atoms with Crippen molar-refractivity contribution in [2.24, 2.45) is 0 Å². The highest BCUT2D eigenvalue weighted by atomic mass is 32.2. The highest BCUT2D eigenvalue weighted by molar-refractivity contribution is 7.85. The molecule has 0 saturated carbocycles. The quantitative estimate of drug-likeness (QED) is 0.364. The van der Waals surface area contributed by atoms with Gasteiger partial charge in [-0.05, 0) is 25.1 Å². The van der Waals surface area contributed by atoms with Crippen molar-refractivity contribution in [3.8, 4) is 5.75 Å². The van der Waals surface area contributed by atoms with Gasteiger partial charge in [0.05, 0.1) is 5.56 Å². The van der Waals surface area contributed by atoms with Gasteiger partial charge in [-0.15, -0.1) is 0 Å². The second kappa shape index (κ2) is 7.00. The van der Waals surface area contributed by atoms with E-state index in [9.17, 15) is 18.0 Å². The number of ether oxygens (including phenoxy) is 2. The zero-order valence-electron chi connectivity index (χ0n) is 11.2. The second-order valence-electron chi connectivity index (χ2n) is 4.12. The number of carbonyl (C=O) groups is 2. The zero-order valence-corrected chi connectivity index (χ0v) is 12.1. The minimum absolute atomic E-state index is 0.0809. The zero-order chi connectivity index (χ0) is 16.0. The molecule has 8 heteroatoms. The largest absolute Gasteiger partial charge is 0.461 e. The molecule has 1 N–H and O–H groups in total. The van der Waals surface area contributed by atoms with E-state index < -0.39 is 34.4 Å². The van der Waals surface area contributed by atoms with Gasteiger partial charge in [-0.3, -0.25) is 4.55 Å². The molecule has 21 heavy (non-hydrogen) atoms. The lowest BCUT2D eigenvalue weighted by Gasteiger charge is -2.06. The Balaban J connectivity index is 2.69. The molecule has 0 amide bonds. The number of hydrogen-bond donors (Lipinski definition) is 1. The monoisotopic (exact) mass is 314 g/mol. The van der Waals surface area contributed by atoms with Gasteiger partial charge in [0.1, 0.15) is 18.1 Å². The van der Waals surface area contributed by atoms with Crippen LogP contribution in [0.2, 0.25) is 0 Å². The molecule has 0 bridgehead atoms. The van der Waals surface area contributed by atoms with Crippen LogP contribution in [0.15, 0.2) is 36.4 Å². The number of carbonyl (C=O) groups excluding carboxylic acids is 2. The number of rotatable bonds is 6. The molecule has 7 nitrogen and oxygen atoms in total. The number of benzene rings is 1. The number of hydrogen-bond acceptors (Lipinski definition) is 6. The van der Waals surface area contributed by atoms with Gasteiger partial charge in [0.15, 0.2) is 0 Å². The molecule has 1 aromatic rings. The summed E-state index contributed by atoms with van der Waals surface area (Å²) >= 11 is 0. The van der Waals surface area contributed by atoms with Gasteiger partial charge in [-0.1, -0.05) is 12.6 Å². The summed E-state index contributed by atoms with van der Waals surface area (Å²) < 4.78 is 39.1. The lowest BCUT2D eigenvalue weighted by Crippen LogP contribution is -2.15. The van der Waals surface area contributed by atoms with Crippen LogP contribution in [0.5, 0.6) is 5.75 Å². The number of esters is 2. The predicted molar refractivity (Wildman–Crippen MR) is 73.6 cm³/mol. The molecule has 0 aliphatic carbocycles. The summed E-state index contributed by atoms with van der Waals surface area (Å²) in [6.07, 6.45) is 0. The van der Waals surface area contributed by atoms with E-state index in [1.54, 1.807) is 0 Å². The molecule has 0 unspecified atom stereocenters. The van der Waals surface area contributed by atoms with Crippen molar-refractivity contribution >= 4 is 22.1 Å². The van der Waals surface area contributed by atoms with E-state index in [0.717, 1.165) is 0 Å². The van der Waals surface area contributed by atoms with E-state index in [1.807, 2.05) is 0 Å². The summed E-state index contributed by atoms with van der Waals surface area (Å²) in [5.41, 5.74) is 0.286. The van der Waals surface area contributed by atoms with Crippen LogP contribution in [-0.2, 0) is 19.6 Å².